The van der Waals surface area contributed by atoms with Gasteiger partial charge in [-0.05, 0) is 24.3 Å². The van der Waals surface area contributed by atoms with E-state index >= 15 is 0 Å². The Hall–Kier alpha value is -3.15. The Kier molecular flexibility index (Phi) is 5.57. The molecule has 1 aromatic heterocycles. The number of furan rings is 1. The van der Waals surface area contributed by atoms with E-state index in [-0.39, 0.29) is 11.4 Å². The Morgan fingerprint density at radius 1 is 1.10 bits per heavy atom. The molecule has 1 saturated heterocycles. The lowest BCUT2D eigenvalue weighted by Gasteiger charge is -2.35. The van der Waals surface area contributed by atoms with E-state index in [0.29, 0.717) is 31.1 Å². The zero-order valence-corrected chi connectivity index (χ0v) is 16.0. The highest BCUT2D eigenvalue weighted by Crippen LogP contribution is 2.29. The number of hydrogen-bond donors (Lipinski definition) is 1. The molecule has 3 heterocycles. The minimum Gasteiger partial charge on any atom is -0.404 e. The van der Waals surface area contributed by atoms with E-state index < -0.39 is 22.4 Å². The van der Waals surface area contributed by atoms with Crippen molar-refractivity contribution >= 4 is 23.3 Å². The van der Waals surface area contributed by atoms with Gasteiger partial charge in [-0.15, -0.1) is 0 Å². The van der Waals surface area contributed by atoms with Gasteiger partial charge in [0.2, 0.25) is 0 Å². The molecular formula is C19H20FN5O5. The molecule has 0 aliphatic carbocycles. The molecule has 2 aliphatic rings. The number of piperazine rings is 1. The fourth-order valence-corrected chi connectivity index (χ4v) is 3.62. The van der Waals surface area contributed by atoms with Crippen LogP contribution >= 0.6 is 0 Å². The molecule has 10 nitrogen and oxygen atoms in total. The fourth-order valence-electron chi connectivity index (χ4n) is 3.62. The summed E-state index contributed by atoms with van der Waals surface area (Å²) in [6.45, 7) is 4.23. The first-order chi connectivity index (χ1) is 14.4. The lowest BCUT2D eigenvalue weighted by Crippen LogP contribution is -2.53. The largest absolute Gasteiger partial charge is 0.433 e. The molecule has 11 heteroatoms. The van der Waals surface area contributed by atoms with Gasteiger partial charge in [-0.3, -0.25) is 24.6 Å². The van der Waals surface area contributed by atoms with Gasteiger partial charge >= 0.3 is 5.88 Å². The summed E-state index contributed by atoms with van der Waals surface area (Å²) in [4.78, 5) is 37.9. The highest BCUT2D eigenvalue weighted by molar-refractivity contribution is 6.52. The van der Waals surface area contributed by atoms with Gasteiger partial charge in [0, 0.05) is 39.3 Å². The predicted octanol–water partition coefficient (Wildman–Crippen LogP) is 1.18. The van der Waals surface area contributed by atoms with Crippen LogP contribution in [0, 0.1) is 15.9 Å². The summed E-state index contributed by atoms with van der Waals surface area (Å²) in [5.41, 5.74) is 3.76. The van der Waals surface area contributed by atoms with Crippen LogP contribution in [0.2, 0.25) is 0 Å². The summed E-state index contributed by atoms with van der Waals surface area (Å²) in [7, 11) is 0. The van der Waals surface area contributed by atoms with Gasteiger partial charge in [0.15, 0.2) is 0 Å². The second-order valence-corrected chi connectivity index (χ2v) is 7.11. The standard InChI is InChI=1S/C19H20FN5O5/c20-13-1-3-16-15(11-13)18(26)19(27)24(16)10-7-22-5-8-23(9-6-22)21-12-14-2-4-17(30-14)25(28)29/h1-4,11,21H,5-10,12H2. The van der Waals surface area contributed by atoms with Gasteiger partial charge in [0.1, 0.15) is 16.5 Å². The summed E-state index contributed by atoms with van der Waals surface area (Å²) in [5.74, 6) is -1.63. The maximum atomic E-state index is 13.4. The number of Topliss-reactive ketones (excluding diaryl/α,β-unsaturated/α-hetero) is 1. The van der Waals surface area contributed by atoms with E-state index in [4.69, 9.17) is 4.42 Å². The predicted molar refractivity (Wildman–Crippen MR) is 103 cm³/mol. The number of nitrogens with zero attached hydrogens (tertiary/aromatic N) is 4. The van der Waals surface area contributed by atoms with Crippen LogP contribution in [0.1, 0.15) is 16.1 Å². The number of fused-ring (bicyclic) bond motifs is 1. The molecule has 4 rings (SSSR count). The van der Waals surface area contributed by atoms with Gasteiger partial charge < -0.3 is 9.32 Å². The highest BCUT2D eigenvalue weighted by atomic mass is 19.1. The molecule has 1 N–H and O–H groups in total. The van der Waals surface area contributed by atoms with Crippen LogP contribution in [0.25, 0.3) is 0 Å². The number of carbonyl (C=O) groups excluding carboxylic acids is 2. The number of amides is 1. The molecule has 0 radical (unpaired) electrons. The monoisotopic (exact) mass is 417 g/mol. The molecule has 0 unspecified atom stereocenters. The topological polar surface area (TPSA) is 112 Å². The van der Waals surface area contributed by atoms with Crippen molar-refractivity contribution in [2.75, 3.05) is 44.2 Å². The van der Waals surface area contributed by atoms with Crippen molar-refractivity contribution in [2.24, 2.45) is 0 Å². The van der Waals surface area contributed by atoms with Crippen molar-refractivity contribution < 1.29 is 23.3 Å². The third-order valence-electron chi connectivity index (χ3n) is 5.25. The Labute approximate surface area is 170 Å². The zero-order chi connectivity index (χ0) is 21.3. The molecule has 2 aliphatic heterocycles. The van der Waals surface area contributed by atoms with Gasteiger partial charge in [-0.2, -0.15) is 0 Å². The SMILES string of the molecule is O=C1C(=O)N(CCN2CCN(NCc3ccc([N+](=O)[O-])o3)CC2)c2ccc(F)cc21. The van der Waals surface area contributed by atoms with Crippen LogP contribution in [-0.2, 0) is 11.3 Å². The molecule has 1 amide bonds. The van der Waals surface area contributed by atoms with Gasteiger partial charge in [0.05, 0.1) is 23.9 Å². The number of carbonyl (C=O) groups is 2. The Bertz CT molecular complexity index is 985. The van der Waals surface area contributed by atoms with Crippen LogP contribution < -0.4 is 10.3 Å². The quantitative estimate of drug-likeness (QED) is 0.406. The van der Waals surface area contributed by atoms with E-state index in [0.717, 1.165) is 32.2 Å². The van der Waals surface area contributed by atoms with Crippen LogP contribution in [0.15, 0.2) is 34.7 Å². The number of benzene rings is 1. The van der Waals surface area contributed by atoms with Crippen LogP contribution in [-0.4, -0.2) is 65.8 Å². The minimum absolute atomic E-state index is 0.118. The normalized spacial score (nSPS) is 17.6. The van der Waals surface area contributed by atoms with Crippen molar-refractivity contribution in [1.29, 1.82) is 0 Å². The first-order valence-corrected chi connectivity index (χ1v) is 9.52. The molecule has 0 spiro atoms. The number of nitro groups is 1. The lowest BCUT2D eigenvalue weighted by molar-refractivity contribution is -0.402. The van der Waals surface area contributed by atoms with Crippen LogP contribution in [0.3, 0.4) is 0 Å². The summed E-state index contributed by atoms with van der Waals surface area (Å²) in [6, 6.07) is 6.71. The number of hydrazine groups is 1. The van der Waals surface area contributed by atoms with Gasteiger partial charge in [-0.25, -0.2) is 14.8 Å². The first-order valence-electron chi connectivity index (χ1n) is 9.52. The number of rotatable bonds is 7. The maximum absolute atomic E-state index is 13.4. The van der Waals surface area contributed by atoms with Crippen molar-refractivity contribution in [3.8, 4) is 0 Å². The van der Waals surface area contributed by atoms with Crippen molar-refractivity contribution in [3.63, 3.8) is 0 Å². The highest BCUT2D eigenvalue weighted by Gasteiger charge is 2.36. The molecule has 1 aromatic carbocycles. The molecule has 0 atom stereocenters. The first kappa shape index (κ1) is 20.1. The summed E-state index contributed by atoms with van der Waals surface area (Å²) >= 11 is 0. The second kappa shape index (κ2) is 8.30. The van der Waals surface area contributed by atoms with Gasteiger partial charge in [0.25, 0.3) is 11.7 Å². The van der Waals surface area contributed by atoms with E-state index in [2.05, 4.69) is 10.3 Å². The molecule has 1 fully saturated rings. The Morgan fingerprint density at radius 3 is 2.57 bits per heavy atom. The number of hydrogen-bond acceptors (Lipinski definition) is 8. The summed E-state index contributed by atoms with van der Waals surface area (Å²) in [6.07, 6.45) is 0. The van der Waals surface area contributed by atoms with Gasteiger partial charge in [-0.1, -0.05) is 0 Å². The molecule has 0 bridgehead atoms. The molecule has 30 heavy (non-hydrogen) atoms. The summed E-state index contributed by atoms with van der Waals surface area (Å²) in [5, 5.41) is 12.7. The third-order valence-corrected chi connectivity index (χ3v) is 5.25. The zero-order valence-electron chi connectivity index (χ0n) is 16.0. The lowest BCUT2D eigenvalue weighted by atomic mass is 10.1. The molecule has 0 saturated carbocycles. The second-order valence-electron chi connectivity index (χ2n) is 7.11. The van der Waals surface area contributed by atoms with Crippen LogP contribution in [0.5, 0.6) is 0 Å². The average Bonchev–Trinajstić information content (AvgIpc) is 3.30. The summed E-state index contributed by atoms with van der Waals surface area (Å²) < 4.78 is 18.5. The smallest absolute Gasteiger partial charge is 0.404 e. The van der Waals surface area contributed by atoms with Crippen LogP contribution in [0.4, 0.5) is 16.0 Å². The van der Waals surface area contributed by atoms with Crippen molar-refractivity contribution in [1.82, 2.24) is 15.3 Å². The van der Waals surface area contributed by atoms with E-state index in [1.807, 2.05) is 5.01 Å². The molecule has 158 valence electrons. The maximum Gasteiger partial charge on any atom is 0.433 e. The number of nitrogens with one attached hydrogen (secondary N) is 1. The van der Waals surface area contributed by atoms with Crippen molar-refractivity contribution in [2.45, 2.75) is 6.54 Å². The Morgan fingerprint density at radius 2 is 1.87 bits per heavy atom. The molecule has 2 aromatic rings. The molecular weight excluding hydrogens is 397 g/mol. The van der Waals surface area contributed by atoms with E-state index in [1.165, 1.54) is 23.1 Å². The third kappa shape index (κ3) is 4.08. The minimum atomic E-state index is -0.670. The van der Waals surface area contributed by atoms with E-state index in [9.17, 15) is 24.1 Å². The number of ketones is 1. The number of anilines is 1. The average molecular weight is 417 g/mol. The van der Waals surface area contributed by atoms with E-state index in [1.54, 1.807) is 6.07 Å². The number of halogens is 1. The fraction of sp³-hybridized carbons (Fsp3) is 0.368. The Balaban J connectivity index is 1.24. The van der Waals surface area contributed by atoms with Crippen molar-refractivity contribution in [3.05, 3.63) is 57.6 Å².